The smallest absolute Gasteiger partial charge is 0.471 e. The quantitative estimate of drug-likeness (QED) is 0.371. The first-order chi connectivity index (χ1) is 18.2. The molecule has 1 aliphatic rings. The normalized spacial score (nSPS) is 13.3. The van der Waals surface area contributed by atoms with Crippen molar-refractivity contribution in [2.45, 2.75) is 25.7 Å². The highest BCUT2D eigenvalue weighted by Crippen LogP contribution is 2.37. The number of alkyl halides is 3. The van der Waals surface area contributed by atoms with Crippen LogP contribution in [0.1, 0.15) is 31.9 Å². The van der Waals surface area contributed by atoms with E-state index in [2.05, 4.69) is 28.4 Å². The Morgan fingerprint density at radius 3 is 2.66 bits per heavy atom. The van der Waals surface area contributed by atoms with Gasteiger partial charge in [-0.15, -0.1) is 11.3 Å². The molecule has 0 unspecified atom stereocenters. The summed E-state index contributed by atoms with van der Waals surface area (Å²) in [6, 6.07) is 16.5. The molecular formula is C26H22ClF3N4O3S. The van der Waals surface area contributed by atoms with Crippen molar-refractivity contribution in [2.24, 2.45) is 0 Å². The minimum absolute atomic E-state index is 0.0736. The van der Waals surface area contributed by atoms with E-state index >= 15 is 0 Å². The van der Waals surface area contributed by atoms with Gasteiger partial charge >= 0.3 is 12.1 Å². The Kier molecular flexibility index (Phi) is 8.56. The van der Waals surface area contributed by atoms with Crippen molar-refractivity contribution < 1.29 is 27.5 Å². The summed E-state index contributed by atoms with van der Waals surface area (Å²) in [5, 5.41) is 14.9. The number of carbonyl (C=O) groups is 2. The second kappa shape index (κ2) is 11.9. The number of ether oxygens (including phenoxy) is 1. The lowest BCUT2D eigenvalue weighted by Crippen LogP contribution is -2.38. The zero-order valence-corrected chi connectivity index (χ0v) is 21.5. The SMILES string of the molecule is N#Cc1c(NC(=O)c2cc(OCCNC(=O)C(F)(F)F)ccc2Cl)sc2c1CCN(Cc1ccccc1)C2. The average molecular weight is 563 g/mol. The monoisotopic (exact) mass is 562 g/mol. The Morgan fingerprint density at radius 1 is 1.18 bits per heavy atom. The number of benzene rings is 2. The van der Waals surface area contributed by atoms with E-state index in [0.29, 0.717) is 23.5 Å². The Morgan fingerprint density at radius 2 is 1.95 bits per heavy atom. The van der Waals surface area contributed by atoms with Gasteiger partial charge in [-0.05, 0) is 35.7 Å². The predicted octanol–water partition coefficient (Wildman–Crippen LogP) is 5.14. The largest absolute Gasteiger partial charge is 0.492 e. The molecule has 3 aromatic rings. The molecule has 0 atom stereocenters. The fourth-order valence-corrected chi connectivity index (χ4v) is 5.45. The molecule has 2 N–H and O–H groups in total. The zero-order valence-electron chi connectivity index (χ0n) is 19.9. The fourth-order valence-electron chi connectivity index (χ4n) is 4.01. The van der Waals surface area contributed by atoms with Crippen molar-refractivity contribution in [2.75, 3.05) is 25.0 Å². The van der Waals surface area contributed by atoms with Crippen LogP contribution in [0.3, 0.4) is 0 Å². The molecule has 198 valence electrons. The summed E-state index contributed by atoms with van der Waals surface area (Å²) in [4.78, 5) is 27.2. The number of nitrogens with zero attached hydrogens (tertiary/aromatic N) is 2. The number of nitriles is 1. The third-order valence-corrected chi connectivity index (χ3v) is 7.28. The average Bonchev–Trinajstić information content (AvgIpc) is 3.23. The van der Waals surface area contributed by atoms with E-state index in [-0.39, 0.29) is 29.5 Å². The Bertz CT molecular complexity index is 1370. The highest BCUT2D eigenvalue weighted by molar-refractivity contribution is 7.16. The molecule has 1 aliphatic heterocycles. The molecule has 0 aliphatic carbocycles. The number of thiophene rings is 1. The molecule has 0 radical (unpaired) electrons. The van der Waals surface area contributed by atoms with E-state index in [4.69, 9.17) is 16.3 Å². The van der Waals surface area contributed by atoms with Gasteiger partial charge in [-0.3, -0.25) is 14.5 Å². The lowest BCUT2D eigenvalue weighted by Gasteiger charge is -2.26. The predicted molar refractivity (Wildman–Crippen MR) is 137 cm³/mol. The maximum absolute atomic E-state index is 13.1. The van der Waals surface area contributed by atoms with Crippen molar-refractivity contribution in [3.63, 3.8) is 0 Å². The number of halogens is 4. The van der Waals surface area contributed by atoms with Crippen LogP contribution in [0.4, 0.5) is 18.2 Å². The van der Waals surface area contributed by atoms with Gasteiger partial charge in [-0.25, -0.2) is 0 Å². The lowest BCUT2D eigenvalue weighted by molar-refractivity contribution is -0.173. The van der Waals surface area contributed by atoms with Crippen LogP contribution < -0.4 is 15.4 Å². The number of rotatable bonds is 8. The lowest BCUT2D eigenvalue weighted by atomic mass is 10.0. The molecule has 0 spiro atoms. The molecular weight excluding hydrogens is 541 g/mol. The Labute approximate surface area is 225 Å². The summed E-state index contributed by atoms with van der Waals surface area (Å²) >= 11 is 7.57. The molecule has 1 aromatic heterocycles. The molecule has 4 rings (SSSR count). The maximum atomic E-state index is 13.1. The first-order valence-electron chi connectivity index (χ1n) is 11.6. The molecule has 0 saturated heterocycles. The summed E-state index contributed by atoms with van der Waals surface area (Å²) in [7, 11) is 0. The van der Waals surface area contributed by atoms with Crippen LogP contribution in [0, 0.1) is 11.3 Å². The fraction of sp³-hybridized carbons (Fsp3) is 0.269. The van der Waals surface area contributed by atoms with Crippen LogP contribution in [0.2, 0.25) is 5.02 Å². The third-order valence-electron chi connectivity index (χ3n) is 5.82. The van der Waals surface area contributed by atoms with Gasteiger partial charge in [0.25, 0.3) is 5.91 Å². The molecule has 7 nitrogen and oxygen atoms in total. The molecule has 0 fully saturated rings. The molecule has 12 heteroatoms. The van der Waals surface area contributed by atoms with E-state index in [1.54, 1.807) is 5.32 Å². The van der Waals surface area contributed by atoms with Crippen LogP contribution in [0.25, 0.3) is 0 Å². The number of anilines is 1. The van der Waals surface area contributed by atoms with E-state index in [9.17, 15) is 28.0 Å². The van der Waals surface area contributed by atoms with E-state index < -0.39 is 18.0 Å². The van der Waals surface area contributed by atoms with Gasteiger partial charge < -0.3 is 15.4 Å². The number of nitrogens with one attached hydrogen (secondary N) is 2. The highest BCUT2D eigenvalue weighted by atomic mass is 35.5. The standard InChI is InChI=1S/C26H22ClF3N4O3S/c27-21-7-6-17(37-11-9-32-25(36)26(28,29)30)12-19(21)23(35)33-24-20(13-31)18-8-10-34(15-22(18)38-24)14-16-4-2-1-3-5-16/h1-7,12H,8-11,14-15H2,(H,32,36)(H,33,35). The second-order valence-electron chi connectivity index (χ2n) is 8.46. The van der Waals surface area contributed by atoms with E-state index in [0.717, 1.165) is 23.5 Å². The van der Waals surface area contributed by atoms with Gasteiger partial charge in [0.05, 0.1) is 22.7 Å². The summed E-state index contributed by atoms with van der Waals surface area (Å²) < 4.78 is 42.2. The summed E-state index contributed by atoms with van der Waals surface area (Å²) in [5.74, 6) is -2.43. The first-order valence-corrected chi connectivity index (χ1v) is 12.7. The van der Waals surface area contributed by atoms with Gasteiger partial charge in [-0.1, -0.05) is 41.9 Å². The van der Waals surface area contributed by atoms with Crippen molar-refractivity contribution in [1.82, 2.24) is 10.2 Å². The van der Waals surface area contributed by atoms with E-state index in [1.807, 2.05) is 18.2 Å². The van der Waals surface area contributed by atoms with Crippen LogP contribution >= 0.6 is 22.9 Å². The Balaban J connectivity index is 1.41. The van der Waals surface area contributed by atoms with Gasteiger partial charge in [0.1, 0.15) is 23.4 Å². The van der Waals surface area contributed by atoms with Crippen LogP contribution in [0.15, 0.2) is 48.5 Å². The minimum Gasteiger partial charge on any atom is -0.492 e. The molecule has 38 heavy (non-hydrogen) atoms. The third kappa shape index (κ3) is 6.64. The zero-order chi connectivity index (χ0) is 27.3. The van der Waals surface area contributed by atoms with Crippen molar-refractivity contribution >= 4 is 39.8 Å². The van der Waals surface area contributed by atoms with Gasteiger partial charge in [0, 0.05) is 24.5 Å². The van der Waals surface area contributed by atoms with Crippen LogP contribution in [-0.2, 0) is 24.3 Å². The minimum atomic E-state index is -4.98. The van der Waals surface area contributed by atoms with Gasteiger partial charge in [0.2, 0.25) is 0 Å². The highest BCUT2D eigenvalue weighted by Gasteiger charge is 2.38. The molecule has 0 saturated carbocycles. The summed E-state index contributed by atoms with van der Waals surface area (Å²) in [5.41, 5.74) is 2.63. The van der Waals surface area contributed by atoms with Crippen LogP contribution in [-0.4, -0.2) is 42.6 Å². The van der Waals surface area contributed by atoms with Gasteiger partial charge in [-0.2, -0.15) is 18.4 Å². The number of carbonyl (C=O) groups excluding carboxylic acids is 2. The topological polar surface area (TPSA) is 94.5 Å². The molecule has 0 bridgehead atoms. The molecule has 2 heterocycles. The maximum Gasteiger partial charge on any atom is 0.471 e. The molecule has 2 aromatic carbocycles. The van der Waals surface area contributed by atoms with Crippen molar-refractivity contribution in [1.29, 1.82) is 5.26 Å². The number of fused-ring (bicyclic) bond motifs is 1. The van der Waals surface area contributed by atoms with Crippen molar-refractivity contribution in [3.8, 4) is 11.8 Å². The molecule has 2 amide bonds. The second-order valence-corrected chi connectivity index (χ2v) is 9.98. The van der Waals surface area contributed by atoms with E-state index in [1.165, 1.54) is 35.1 Å². The number of hydrogen-bond acceptors (Lipinski definition) is 6. The number of amides is 2. The van der Waals surface area contributed by atoms with Crippen molar-refractivity contribution in [3.05, 3.63) is 80.7 Å². The first kappa shape index (κ1) is 27.4. The summed E-state index contributed by atoms with van der Waals surface area (Å²) in [6.45, 7) is 1.60. The van der Waals surface area contributed by atoms with Crippen LogP contribution in [0.5, 0.6) is 5.75 Å². The summed E-state index contributed by atoms with van der Waals surface area (Å²) in [6.07, 6.45) is -4.29. The number of hydrogen-bond donors (Lipinski definition) is 2. The van der Waals surface area contributed by atoms with Gasteiger partial charge in [0.15, 0.2) is 0 Å². The Hall–Kier alpha value is -3.59.